The molecule has 1 unspecified atom stereocenters. The van der Waals surface area contributed by atoms with Gasteiger partial charge in [0.05, 0.1) is 44.5 Å². The quantitative estimate of drug-likeness (QED) is 0.495. The van der Waals surface area contributed by atoms with Crippen LogP contribution in [0.4, 0.5) is 18.9 Å². The Kier molecular flexibility index (Phi) is 5.80. The molecule has 4 heterocycles. The number of carbonyl (C=O) groups is 1. The summed E-state index contributed by atoms with van der Waals surface area (Å²) < 4.78 is 55.3. The van der Waals surface area contributed by atoms with E-state index in [1.165, 1.54) is 11.0 Å². The first-order chi connectivity index (χ1) is 18.8. The van der Waals surface area contributed by atoms with Gasteiger partial charge in [-0.15, -0.1) is 10.2 Å². The number of fused-ring (bicyclic) bond motifs is 2. The molecule has 7 rings (SSSR count). The van der Waals surface area contributed by atoms with Crippen LogP contribution >= 0.6 is 0 Å². The van der Waals surface area contributed by atoms with E-state index in [-0.39, 0.29) is 42.1 Å². The van der Waals surface area contributed by atoms with Crippen LogP contribution in [0, 0.1) is 17.8 Å². The van der Waals surface area contributed by atoms with Crippen molar-refractivity contribution in [3.63, 3.8) is 0 Å². The lowest BCUT2D eigenvalue weighted by Crippen LogP contribution is -2.35. The maximum Gasteiger partial charge on any atom is 0.416 e. The first-order valence-electron chi connectivity index (χ1n) is 13.2. The Hall–Kier alpha value is -3.28. The van der Waals surface area contributed by atoms with Crippen LogP contribution in [0.15, 0.2) is 42.7 Å². The maximum atomic E-state index is 14.2. The second kappa shape index (κ2) is 9.14. The molecule has 1 N–H and O–H groups in total. The number of alkyl halides is 3. The zero-order valence-corrected chi connectivity index (χ0v) is 21.3. The summed E-state index contributed by atoms with van der Waals surface area (Å²) in [4.78, 5) is 15.0. The monoisotopic (exact) mass is 539 g/mol. The molecule has 2 saturated heterocycles. The van der Waals surface area contributed by atoms with Gasteiger partial charge < -0.3 is 24.3 Å². The van der Waals surface area contributed by atoms with E-state index in [0.29, 0.717) is 49.5 Å². The van der Waals surface area contributed by atoms with Crippen LogP contribution in [0.5, 0.6) is 0 Å². The standard InChI is InChI=1S/C28H28F3N5O3/c1-35-14-33-34-26(35)24(17-10-38-11-17)16-3-2-4-18(7-16)36-9-20-19(27(36)37)5-15(6-23(20)28(29,30)31)8-32-25-21-12-39-13-22(21)25/h2-7,14,17,21-22,24-25,32H,8-13H2,1H3/t21-,22+,24?,25-. The number of halogens is 3. The summed E-state index contributed by atoms with van der Waals surface area (Å²) >= 11 is 0. The smallest absolute Gasteiger partial charge is 0.381 e. The molecule has 4 atom stereocenters. The van der Waals surface area contributed by atoms with E-state index in [1.807, 2.05) is 29.8 Å². The number of aromatic nitrogens is 3. The highest BCUT2D eigenvalue weighted by molar-refractivity contribution is 6.10. The highest BCUT2D eigenvalue weighted by atomic mass is 19.4. The minimum atomic E-state index is -4.57. The van der Waals surface area contributed by atoms with Gasteiger partial charge in [-0.25, -0.2) is 0 Å². The van der Waals surface area contributed by atoms with E-state index in [1.54, 1.807) is 18.5 Å². The third-order valence-corrected chi connectivity index (χ3v) is 8.60. The summed E-state index contributed by atoms with van der Waals surface area (Å²) in [5.74, 6) is 1.30. The summed E-state index contributed by atoms with van der Waals surface area (Å²) in [5.41, 5.74) is 1.33. The molecule has 0 spiro atoms. The number of hydrogen-bond donors (Lipinski definition) is 1. The van der Waals surface area contributed by atoms with Gasteiger partial charge in [-0.3, -0.25) is 4.79 Å². The summed E-state index contributed by atoms with van der Waals surface area (Å²) in [6.07, 6.45) is -2.93. The number of rotatable bonds is 7. The van der Waals surface area contributed by atoms with E-state index in [9.17, 15) is 18.0 Å². The van der Waals surface area contributed by atoms with Crippen molar-refractivity contribution in [2.75, 3.05) is 31.3 Å². The van der Waals surface area contributed by atoms with E-state index in [0.717, 1.165) is 11.4 Å². The number of carbonyl (C=O) groups excluding carboxylic acids is 1. The Morgan fingerprint density at radius 3 is 2.54 bits per heavy atom. The number of amides is 1. The fourth-order valence-corrected chi connectivity index (χ4v) is 6.35. The molecule has 1 amide bonds. The zero-order chi connectivity index (χ0) is 26.9. The topological polar surface area (TPSA) is 81.5 Å². The SMILES string of the molecule is Cn1cnnc1C(c1cccc(N2Cc3c(cc(CN[C@@H]4[C@@H]5COC[C@@H]54)cc3C(F)(F)F)C2=O)c1)C1COC1. The van der Waals surface area contributed by atoms with Crippen molar-refractivity contribution < 1.29 is 27.4 Å². The van der Waals surface area contributed by atoms with Gasteiger partial charge in [-0.1, -0.05) is 12.1 Å². The minimum absolute atomic E-state index is 0.0237. The molecule has 3 fully saturated rings. The lowest BCUT2D eigenvalue weighted by atomic mass is 9.83. The molecule has 1 aromatic heterocycles. The largest absolute Gasteiger partial charge is 0.416 e. The summed E-state index contributed by atoms with van der Waals surface area (Å²) in [6, 6.07) is 10.5. The third kappa shape index (κ3) is 4.23. The lowest BCUT2D eigenvalue weighted by molar-refractivity contribution is -0.138. The van der Waals surface area contributed by atoms with E-state index in [2.05, 4.69) is 15.5 Å². The average molecular weight is 540 g/mol. The molecular weight excluding hydrogens is 511 g/mol. The molecule has 204 valence electrons. The van der Waals surface area contributed by atoms with Crippen LogP contribution in [0.1, 0.15) is 44.4 Å². The van der Waals surface area contributed by atoms with Crippen LogP contribution in [0.2, 0.25) is 0 Å². The van der Waals surface area contributed by atoms with Crippen LogP contribution in [0.25, 0.3) is 0 Å². The molecule has 39 heavy (non-hydrogen) atoms. The average Bonchev–Trinajstić information content (AvgIpc) is 3.26. The highest BCUT2D eigenvalue weighted by Gasteiger charge is 2.53. The molecule has 3 aliphatic heterocycles. The Labute approximate surface area is 223 Å². The molecule has 8 nitrogen and oxygen atoms in total. The van der Waals surface area contributed by atoms with Gasteiger partial charge in [0.2, 0.25) is 0 Å². The number of nitrogens with one attached hydrogen (secondary N) is 1. The molecule has 1 saturated carbocycles. The minimum Gasteiger partial charge on any atom is -0.381 e. The van der Waals surface area contributed by atoms with Crippen molar-refractivity contribution in [3.8, 4) is 0 Å². The van der Waals surface area contributed by atoms with Gasteiger partial charge in [-0.05, 0) is 41.0 Å². The molecule has 11 heteroatoms. The fourth-order valence-electron chi connectivity index (χ4n) is 6.35. The van der Waals surface area contributed by atoms with Crippen LogP contribution in [-0.2, 0) is 35.8 Å². The van der Waals surface area contributed by atoms with Crippen molar-refractivity contribution >= 4 is 11.6 Å². The number of ether oxygens (including phenoxy) is 2. The number of benzene rings is 2. The summed E-state index contributed by atoms with van der Waals surface area (Å²) in [6.45, 7) is 2.69. The van der Waals surface area contributed by atoms with E-state index < -0.39 is 17.6 Å². The molecule has 4 aliphatic rings. The molecule has 3 aromatic rings. The number of hydrogen-bond acceptors (Lipinski definition) is 6. The Morgan fingerprint density at radius 2 is 1.87 bits per heavy atom. The maximum absolute atomic E-state index is 14.2. The molecule has 0 radical (unpaired) electrons. The van der Waals surface area contributed by atoms with Gasteiger partial charge in [-0.2, -0.15) is 13.2 Å². The first-order valence-corrected chi connectivity index (χ1v) is 13.2. The molecule has 1 aliphatic carbocycles. The van der Waals surface area contributed by atoms with Crippen molar-refractivity contribution in [2.24, 2.45) is 24.8 Å². The lowest BCUT2D eigenvalue weighted by Gasteiger charge is -2.33. The van der Waals surface area contributed by atoms with Crippen LogP contribution in [0.3, 0.4) is 0 Å². The van der Waals surface area contributed by atoms with Crippen LogP contribution < -0.4 is 10.2 Å². The Bertz CT molecular complexity index is 1430. The van der Waals surface area contributed by atoms with E-state index in [4.69, 9.17) is 9.47 Å². The van der Waals surface area contributed by atoms with Gasteiger partial charge in [0.1, 0.15) is 12.2 Å². The van der Waals surface area contributed by atoms with Crippen molar-refractivity contribution in [1.29, 1.82) is 0 Å². The van der Waals surface area contributed by atoms with Gasteiger partial charge in [0.15, 0.2) is 0 Å². The fraction of sp³-hybridized carbons (Fsp3) is 0.464. The van der Waals surface area contributed by atoms with E-state index >= 15 is 0 Å². The normalized spacial score (nSPS) is 25.0. The van der Waals surface area contributed by atoms with Gasteiger partial charge in [0, 0.05) is 48.6 Å². The first kappa shape index (κ1) is 24.7. The summed E-state index contributed by atoms with van der Waals surface area (Å²) in [7, 11) is 1.88. The predicted molar refractivity (Wildman–Crippen MR) is 134 cm³/mol. The molecule has 2 aromatic carbocycles. The third-order valence-electron chi connectivity index (χ3n) is 8.60. The van der Waals surface area contributed by atoms with Crippen molar-refractivity contribution in [2.45, 2.75) is 31.2 Å². The zero-order valence-electron chi connectivity index (χ0n) is 21.3. The number of anilines is 1. The highest BCUT2D eigenvalue weighted by Crippen LogP contribution is 2.45. The van der Waals surface area contributed by atoms with Gasteiger partial charge in [0.25, 0.3) is 5.91 Å². The van der Waals surface area contributed by atoms with Crippen molar-refractivity contribution in [1.82, 2.24) is 20.1 Å². The molecular formula is C28H28F3N5O3. The van der Waals surface area contributed by atoms with Gasteiger partial charge >= 0.3 is 6.18 Å². The second-order valence-corrected chi connectivity index (χ2v) is 11.0. The number of aryl methyl sites for hydroxylation is 1. The summed E-state index contributed by atoms with van der Waals surface area (Å²) in [5, 5.41) is 11.7. The Balaban J connectivity index is 1.19. The Morgan fingerprint density at radius 1 is 1.10 bits per heavy atom. The number of nitrogens with zero attached hydrogens (tertiary/aromatic N) is 4. The second-order valence-electron chi connectivity index (χ2n) is 11.0. The van der Waals surface area contributed by atoms with Crippen molar-refractivity contribution in [3.05, 3.63) is 76.4 Å². The molecule has 0 bridgehead atoms. The predicted octanol–water partition coefficient (Wildman–Crippen LogP) is 3.51. The van der Waals surface area contributed by atoms with Crippen LogP contribution in [-0.4, -0.2) is 53.1 Å².